The number of furan rings is 1. The molecule has 0 unspecified atom stereocenters. The lowest BCUT2D eigenvalue weighted by Crippen LogP contribution is -2.32. The largest absolute Gasteiger partial charge is 0.465 e. The van der Waals surface area contributed by atoms with Gasteiger partial charge in [-0.2, -0.15) is 9.57 Å². The van der Waals surface area contributed by atoms with E-state index in [9.17, 15) is 8.42 Å². The summed E-state index contributed by atoms with van der Waals surface area (Å²) in [5.41, 5.74) is 0. The normalized spacial score (nSPS) is 20.5. The van der Waals surface area contributed by atoms with Gasteiger partial charge in [-0.25, -0.2) is 8.42 Å². The van der Waals surface area contributed by atoms with Gasteiger partial charge < -0.3 is 4.42 Å². The minimum absolute atomic E-state index is 0.0384. The van der Waals surface area contributed by atoms with Crippen molar-refractivity contribution in [3.8, 4) is 6.07 Å². The average molecular weight is 282 g/mol. The van der Waals surface area contributed by atoms with E-state index < -0.39 is 10.0 Å². The molecule has 0 saturated carbocycles. The Kier molecular flexibility index (Phi) is 4.27. The van der Waals surface area contributed by atoms with E-state index in [1.807, 2.05) is 25.1 Å². The van der Waals surface area contributed by atoms with Gasteiger partial charge in [0.1, 0.15) is 11.5 Å². The van der Waals surface area contributed by atoms with Crippen LogP contribution >= 0.6 is 0 Å². The lowest BCUT2D eigenvalue weighted by molar-refractivity contribution is 0.334. The lowest BCUT2D eigenvalue weighted by Gasteiger charge is -2.22. The van der Waals surface area contributed by atoms with Crippen LogP contribution in [-0.2, 0) is 10.0 Å². The van der Waals surface area contributed by atoms with Gasteiger partial charge in [-0.3, -0.25) is 0 Å². The van der Waals surface area contributed by atoms with Crippen LogP contribution in [0.2, 0.25) is 0 Å². The Labute approximate surface area is 113 Å². The van der Waals surface area contributed by atoms with Crippen molar-refractivity contribution in [2.75, 3.05) is 12.3 Å². The first-order valence-corrected chi connectivity index (χ1v) is 8.08. The first kappa shape index (κ1) is 14.1. The van der Waals surface area contributed by atoms with Gasteiger partial charge in [-0.1, -0.05) is 0 Å². The van der Waals surface area contributed by atoms with Crippen LogP contribution < -0.4 is 0 Å². The summed E-state index contributed by atoms with van der Waals surface area (Å²) < 4.78 is 31.6. The molecule has 1 fully saturated rings. The molecule has 0 aromatic carbocycles. The number of hydrogen-bond acceptors (Lipinski definition) is 4. The number of nitrogens with zero attached hydrogens (tertiary/aromatic N) is 2. The summed E-state index contributed by atoms with van der Waals surface area (Å²) in [6.07, 6.45) is 2.31. The molecule has 1 aromatic rings. The summed E-state index contributed by atoms with van der Waals surface area (Å²) in [5, 5.41) is 8.49. The van der Waals surface area contributed by atoms with E-state index >= 15 is 0 Å². The summed E-state index contributed by atoms with van der Waals surface area (Å²) in [7, 11) is -3.30. The zero-order valence-electron chi connectivity index (χ0n) is 11.0. The maximum Gasteiger partial charge on any atom is 0.214 e. The van der Waals surface area contributed by atoms with Crippen molar-refractivity contribution in [1.29, 1.82) is 5.26 Å². The van der Waals surface area contributed by atoms with E-state index in [1.54, 1.807) is 0 Å². The van der Waals surface area contributed by atoms with Gasteiger partial charge in [-0.15, -0.1) is 0 Å². The Balaban J connectivity index is 2.12. The third-order valence-electron chi connectivity index (χ3n) is 3.34. The lowest BCUT2D eigenvalue weighted by atomic mass is 10.2. The van der Waals surface area contributed by atoms with E-state index in [2.05, 4.69) is 0 Å². The predicted molar refractivity (Wildman–Crippen MR) is 70.8 cm³/mol. The molecular weight excluding hydrogens is 264 g/mol. The van der Waals surface area contributed by atoms with Crippen molar-refractivity contribution in [1.82, 2.24) is 4.31 Å². The summed E-state index contributed by atoms with van der Waals surface area (Å²) in [6, 6.07) is 5.50. The van der Waals surface area contributed by atoms with Gasteiger partial charge in [-0.05, 0) is 38.3 Å². The van der Waals surface area contributed by atoms with Gasteiger partial charge in [0.05, 0.1) is 17.9 Å². The molecule has 1 aliphatic rings. The zero-order valence-corrected chi connectivity index (χ0v) is 11.8. The summed E-state index contributed by atoms with van der Waals surface area (Å²) in [5.74, 6) is 1.55. The highest BCUT2D eigenvalue weighted by molar-refractivity contribution is 7.89. The third-order valence-corrected chi connectivity index (χ3v) is 5.30. The fourth-order valence-electron chi connectivity index (χ4n) is 2.44. The maximum absolute atomic E-state index is 12.3. The van der Waals surface area contributed by atoms with Crippen molar-refractivity contribution in [2.45, 2.75) is 38.6 Å². The standard InChI is InChI=1S/C13H18N2O3S/c1-11-6-7-13(18-11)12-5-4-9-15(12)19(16,17)10-3-2-8-14/h6-7,12H,2-5,9-10H2,1H3/t12-/m0/s1. The van der Waals surface area contributed by atoms with Crippen LogP contribution in [0.1, 0.15) is 43.2 Å². The first-order chi connectivity index (χ1) is 9.04. The number of rotatable bonds is 5. The van der Waals surface area contributed by atoms with Crippen LogP contribution in [0.25, 0.3) is 0 Å². The number of sulfonamides is 1. The number of hydrogen-bond donors (Lipinski definition) is 0. The molecule has 1 atom stereocenters. The van der Waals surface area contributed by atoms with Crippen molar-refractivity contribution in [3.63, 3.8) is 0 Å². The van der Waals surface area contributed by atoms with Gasteiger partial charge >= 0.3 is 0 Å². The van der Waals surface area contributed by atoms with Crippen LogP contribution in [0.3, 0.4) is 0 Å². The maximum atomic E-state index is 12.3. The highest BCUT2D eigenvalue weighted by atomic mass is 32.2. The molecule has 0 bridgehead atoms. The molecule has 0 amide bonds. The van der Waals surface area contributed by atoms with E-state index in [0.717, 1.165) is 24.4 Å². The topological polar surface area (TPSA) is 74.3 Å². The van der Waals surface area contributed by atoms with Crippen LogP contribution in [0.5, 0.6) is 0 Å². The second-order valence-electron chi connectivity index (χ2n) is 4.79. The Hall–Kier alpha value is -1.32. The molecule has 0 N–H and O–H groups in total. The summed E-state index contributed by atoms with van der Waals surface area (Å²) in [4.78, 5) is 0. The highest BCUT2D eigenvalue weighted by Gasteiger charge is 2.36. The Morgan fingerprint density at radius 2 is 2.32 bits per heavy atom. The summed E-state index contributed by atoms with van der Waals surface area (Å²) >= 11 is 0. The number of nitriles is 1. The second kappa shape index (κ2) is 5.76. The van der Waals surface area contributed by atoms with E-state index in [1.165, 1.54) is 4.31 Å². The van der Waals surface area contributed by atoms with E-state index in [-0.39, 0.29) is 18.2 Å². The molecule has 1 aromatic heterocycles. The van der Waals surface area contributed by atoms with Crippen molar-refractivity contribution in [3.05, 3.63) is 23.7 Å². The molecule has 1 saturated heterocycles. The molecule has 104 valence electrons. The third kappa shape index (κ3) is 3.17. The Bertz CT molecular complexity index is 571. The van der Waals surface area contributed by atoms with Gasteiger partial charge in [0.2, 0.25) is 10.0 Å². The fraction of sp³-hybridized carbons (Fsp3) is 0.615. The molecule has 2 heterocycles. The van der Waals surface area contributed by atoms with Crippen LogP contribution in [0.15, 0.2) is 16.5 Å². The van der Waals surface area contributed by atoms with Crippen LogP contribution in [-0.4, -0.2) is 25.0 Å². The number of aryl methyl sites for hydroxylation is 1. The first-order valence-electron chi connectivity index (χ1n) is 6.47. The molecule has 6 heteroatoms. The molecule has 1 aliphatic heterocycles. The van der Waals surface area contributed by atoms with E-state index in [4.69, 9.17) is 9.68 Å². The average Bonchev–Trinajstić information content (AvgIpc) is 2.97. The van der Waals surface area contributed by atoms with Gasteiger partial charge in [0.25, 0.3) is 0 Å². The molecule has 0 spiro atoms. The van der Waals surface area contributed by atoms with Crippen molar-refractivity contribution < 1.29 is 12.8 Å². The minimum atomic E-state index is -3.30. The molecular formula is C13H18N2O3S. The molecule has 5 nitrogen and oxygen atoms in total. The number of unbranched alkanes of at least 4 members (excludes halogenated alkanes) is 1. The fourth-order valence-corrected chi connectivity index (χ4v) is 4.19. The highest BCUT2D eigenvalue weighted by Crippen LogP contribution is 2.35. The monoisotopic (exact) mass is 282 g/mol. The Morgan fingerprint density at radius 1 is 1.53 bits per heavy atom. The van der Waals surface area contributed by atoms with Gasteiger partial charge in [0, 0.05) is 13.0 Å². The van der Waals surface area contributed by atoms with E-state index in [0.29, 0.717) is 13.0 Å². The van der Waals surface area contributed by atoms with Crippen molar-refractivity contribution in [2.24, 2.45) is 0 Å². The molecule has 0 radical (unpaired) electrons. The predicted octanol–water partition coefficient (Wildman–Crippen LogP) is 2.36. The molecule has 2 rings (SSSR count). The van der Waals surface area contributed by atoms with Crippen LogP contribution in [0.4, 0.5) is 0 Å². The minimum Gasteiger partial charge on any atom is -0.465 e. The SMILES string of the molecule is Cc1ccc([C@@H]2CCCN2S(=O)(=O)CCCC#N)o1. The zero-order chi connectivity index (χ0) is 13.9. The quantitative estimate of drug-likeness (QED) is 0.777. The van der Waals surface area contributed by atoms with Crippen LogP contribution in [0, 0.1) is 18.3 Å². The smallest absolute Gasteiger partial charge is 0.214 e. The van der Waals surface area contributed by atoms with Crippen molar-refractivity contribution >= 4 is 10.0 Å². The Morgan fingerprint density at radius 3 is 2.95 bits per heavy atom. The molecule has 19 heavy (non-hydrogen) atoms. The second-order valence-corrected chi connectivity index (χ2v) is 6.84. The molecule has 0 aliphatic carbocycles. The summed E-state index contributed by atoms with van der Waals surface area (Å²) in [6.45, 7) is 2.39. The van der Waals surface area contributed by atoms with Gasteiger partial charge in [0.15, 0.2) is 0 Å².